The molecule has 2 rings (SSSR count). The van der Waals surface area contributed by atoms with Crippen LogP contribution < -0.4 is 14.5 Å². The van der Waals surface area contributed by atoms with Gasteiger partial charge in [0.25, 0.3) is 0 Å². The maximum Gasteiger partial charge on any atom is 0.438 e. The highest BCUT2D eigenvalue weighted by Crippen LogP contribution is 2.32. The maximum absolute atomic E-state index is 11.8. The monoisotopic (exact) mass is 373 g/mol. The molecule has 0 saturated heterocycles. The summed E-state index contributed by atoms with van der Waals surface area (Å²) in [4.78, 5) is 11.8. The summed E-state index contributed by atoms with van der Waals surface area (Å²) in [6.07, 6.45) is -0.0460. The lowest BCUT2D eigenvalue weighted by atomic mass is 10.0. The van der Waals surface area contributed by atoms with Gasteiger partial charge >= 0.3 is 6.09 Å². The molecule has 0 bridgehead atoms. The summed E-state index contributed by atoms with van der Waals surface area (Å²) in [6.45, 7) is 8.63. The van der Waals surface area contributed by atoms with E-state index in [1.165, 1.54) is 12.7 Å². The van der Waals surface area contributed by atoms with Crippen molar-refractivity contribution in [1.82, 2.24) is 0 Å². The van der Waals surface area contributed by atoms with Gasteiger partial charge in [0.2, 0.25) is 0 Å². The minimum atomic E-state index is -0.884. The van der Waals surface area contributed by atoms with Crippen molar-refractivity contribution in [3.63, 3.8) is 0 Å². The second-order valence-electron chi connectivity index (χ2n) is 6.16. The van der Waals surface area contributed by atoms with Crippen LogP contribution in [0.1, 0.15) is 36.1 Å². The van der Waals surface area contributed by atoms with Crippen molar-refractivity contribution in [3.8, 4) is 11.5 Å². The predicted octanol–water partition coefficient (Wildman–Crippen LogP) is 4.81. The first-order chi connectivity index (χ1) is 12.9. The van der Waals surface area contributed by atoms with Crippen molar-refractivity contribution in [2.24, 2.45) is 0 Å². The number of anilines is 1. The lowest BCUT2D eigenvalue weighted by molar-refractivity contribution is 0.140. The Balaban J connectivity index is 2.40. The molecule has 0 atom stereocenters. The SMILES string of the molecule is CCOc1cccc(N(O)C(=O)OC)c1COc1cc(C)c(C)cc1CC. The Morgan fingerprint density at radius 1 is 1.07 bits per heavy atom. The number of hydrogen-bond acceptors (Lipinski definition) is 5. The first kappa shape index (κ1) is 20.6. The summed E-state index contributed by atoms with van der Waals surface area (Å²) >= 11 is 0. The highest BCUT2D eigenvalue weighted by atomic mass is 16.6. The Bertz CT molecular complexity index is 803. The first-order valence-corrected chi connectivity index (χ1v) is 8.97. The summed E-state index contributed by atoms with van der Waals surface area (Å²) < 4.78 is 16.3. The molecule has 2 aromatic carbocycles. The number of nitrogens with zero attached hydrogens (tertiary/aromatic N) is 1. The van der Waals surface area contributed by atoms with Crippen LogP contribution >= 0.6 is 0 Å². The molecule has 0 fully saturated rings. The number of amides is 1. The van der Waals surface area contributed by atoms with Gasteiger partial charge in [0.15, 0.2) is 0 Å². The van der Waals surface area contributed by atoms with Crippen molar-refractivity contribution in [3.05, 3.63) is 52.6 Å². The van der Waals surface area contributed by atoms with E-state index in [9.17, 15) is 10.0 Å². The molecule has 6 nitrogen and oxygen atoms in total. The zero-order valence-corrected chi connectivity index (χ0v) is 16.5. The second-order valence-corrected chi connectivity index (χ2v) is 6.16. The highest BCUT2D eigenvalue weighted by molar-refractivity contribution is 5.86. The van der Waals surface area contributed by atoms with Gasteiger partial charge in [-0.1, -0.05) is 19.1 Å². The third kappa shape index (κ3) is 4.71. The zero-order chi connectivity index (χ0) is 20.0. The number of ether oxygens (including phenoxy) is 3. The molecule has 2 aromatic rings. The number of rotatable bonds is 7. The van der Waals surface area contributed by atoms with E-state index in [0.29, 0.717) is 23.0 Å². The molecule has 0 heterocycles. The van der Waals surface area contributed by atoms with Crippen molar-refractivity contribution in [1.29, 1.82) is 0 Å². The van der Waals surface area contributed by atoms with Crippen LogP contribution in [0.3, 0.4) is 0 Å². The van der Waals surface area contributed by atoms with Crippen molar-refractivity contribution < 1.29 is 24.2 Å². The fourth-order valence-corrected chi connectivity index (χ4v) is 2.78. The van der Waals surface area contributed by atoms with Crippen LogP contribution in [0.2, 0.25) is 0 Å². The van der Waals surface area contributed by atoms with Gasteiger partial charge in [-0.05, 0) is 62.1 Å². The number of benzene rings is 2. The molecule has 1 amide bonds. The summed E-state index contributed by atoms with van der Waals surface area (Å²) in [5, 5.41) is 10.6. The Morgan fingerprint density at radius 2 is 1.78 bits per heavy atom. The van der Waals surface area contributed by atoms with Crippen LogP contribution in [0, 0.1) is 13.8 Å². The van der Waals surface area contributed by atoms with E-state index < -0.39 is 6.09 Å². The van der Waals surface area contributed by atoms with Gasteiger partial charge in [-0.3, -0.25) is 5.21 Å². The van der Waals surface area contributed by atoms with E-state index in [4.69, 9.17) is 9.47 Å². The average Bonchev–Trinajstić information content (AvgIpc) is 2.68. The summed E-state index contributed by atoms with van der Waals surface area (Å²) in [5.74, 6) is 1.32. The van der Waals surface area contributed by atoms with Crippen LogP contribution in [0.4, 0.5) is 10.5 Å². The lowest BCUT2D eigenvalue weighted by Crippen LogP contribution is -2.28. The van der Waals surface area contributed by atoms with Gasteiger partial charge in [0.1, 0.15) is 18.1 Å². The number of carbonyl (C=O) groups excluding carboxylic acids is 1. The van der Waals surface area contributed by atoms with Crippen molar-refractivity contribution in [2.75, 3.05) is 18.8 Å². The Hall–Kier alpha value is -2.73. The average molecular weight is 373 g/mol. The smallest absolute Gasteiger partial charge is 0.438 e. The highest BCUT2D eigenvalue weighted by Gasteiger charge is 2.21. The minimum absolute atomic E-state index is 0.134. The van der Waals surface area contributed by atoms with E-state index in [0.717, 1.165) is 23.3 Å². The second kappa shape index (κ2) is 9.28. The molecule has 0 saturated carbocycles. The van der Waals surface area contributed by atoms with Gasteiger partial charge in [-0.15, -0.1) is 0 Å². The zero-order valence-electron chi connectivity index (χ0n) is 16.5. The molecule has 27 heavy (non-hydrogen) atoms. The Morgan fingerprint density at radius 3 is 2.41 bits per heavy atom. The van der Waals surface area contributed by atoms with Crippen LogP contribution in [0.15, 0.2) is 30.3 Å². The van der Waals surface area contributed by atoms with Gasteiger partial charge in [-0.25, -0.2) is 4.79 Å². The fourth-order valence-electron chi connectivity index (χ4n) is 2.78. The van der Waals surface area contributed by atoms with E-state index in [1.54, 1.807) is 18.2 Å². The fraction of sp³-hybridized carbons (Fsp3) is 0.381. The lowest BCUT2D eigenvalue weighted by Gasteiger charge is -2.21. The standard InChI is InChI=1S/C21H27NO5/c1-6-16-11-14(3)15(4)12-20(16)27-13-17-18(22(24)21(23)25-5)9-8-10-19(17)26-7-2/h8-12,24H,6-7,13H2,1-5H3. The van der Waals surface area contributed by atoms with Crippen molar-refractivity contribution >= 4 is 11.8 Å². The molecule has 0 aliphatic heterocycles. The van der Waals surface area contributed by atoms with Gasteiger partial charge in [0, 0.05) is 0 Å². The molecule has 0 radical (unpaired) electrons. The van der Waals surface area contributed by atoms with Crippen LogP contribution in [0.25, 0.3) is 0 Å². The molecule has 146 valence electrons. The topological polar surface area (TPSA) is 68.2 Å². The predicted molar refractivity (Wildman–Crippen MR) is 104 cm³/mol. The maximum atomic E-state index is 11.8. The third-order valence-corrected chi connectivity index (χ3v) is 4.41. The van der Waals surface area contributed by atoms with E-state index in [-0.39, 0.29) is 12.3 Å². The summed E-state index contributed by atoms with van der Waals surface area (Å²) in [5.41, 5.74) is 4.27. The molecule has 0 aliphatic rings. The third-order valence-electron chi connectivity index (χ3n) is 4.41. The van der Waals surface area contributed by atoms with Gasteiger partial charge < -0.3 is 14.2 Å². The number of hydroxylamine groups is 1. The summed E-state index contributed by atoms with van der Waals surface area (Å²) in [7, 11) is 1.21. The number of carbonyl (C=O) groups is 1. The summed E-state index contributed by atoms with van der Waals surface area (Å²) in [6, 6.07) is 9.21. The van der Waals surface area contributed by atoms with Gasteiger partial charge in [0.05, 0.1) is 25.0 Å². The quantitative estimate of drug-likeness (QED) is 0.557. The van der Waals surface area contributed by atoms with Crippen LogP contribution in [-0.2, 0) is 17.8 Å². The minimum Gasteiger partial charge on any atom is -0.493 e. The van der Waals surface area contributed by atoms with Gasteiger partial charge in [-0.2, -0.15) is 5.06 Å². The molecule has 1 N–H and O–H groups in total. The Kier molecular flexibility index (Phi) is 7.07. The first-order valence-electron chi connectivity index (χ1n) is 8.97. The van der Waals surface area contributed by atoms with E-state index in [2.05, 4.69) is 24.7 Å². The van der Waals surface area contributed by atoms with Crippen LogP contribution in [0.5, 0.6) is 11.5 Å². The number of aryl methyl sites for hydroxylation is 3. The molecule has 0 aliphatic carbocycles. The molecular weight excluding hydrogens is 346 g/mol. The van der Waals surface area contributed by atoms with Crippen molar-refractivity contribution in [2.45, 2.75) is 40.7 Å². The molecule has 6 heteroatoms. The Labute approximate surface area is 160 Å². The molecule has 0 unspecified atom stereocenters. The largest absolute Gasteiger partial charge is 0.493 e. The number of hydrogen-bond donors (Lipinski definition) is 1. The van der Waals surface area contributed by atoms with E-state index >= 15 is 0 Å². The van der Waals surface area contributed by atoms with Crippen LogP contribution in [-0.4, -0.2) is 25.0 Å². The number of methoxy groups -OCH3 is 1. The molecular formula is C21H27NO5. The molecule has 0 spiro atoms. The normalized spacial score (nSPS) is 10.4. The molecule has 0 aromatic heterocycles. The van der Waals surface area contributed by atoms with E-state index in [1.807, 2.05) is 19.9 Å².